The zero-order valence-corrected chi connectivity index (χ0v) is 30.0. The van der Waals surface area contributed by atoms with Gasteiger partial charge in [0.15, 0.2) is 6.29 Å². The van der Waals surface area contributed by atoms with Crippen LogP contribution in [0.3, 0.4) is 0 Å². The summed E-state index contributed by atoms with van der Waals surface area (Å²) in [6.07, 6.45) is 6.79. The van der Waals surface area contributed by atoms with Crippen molar-refractivity contribution in [3.63, 3.8) is 0 Å². The highest BCUT2D eigenvalue weighted by Gasteiger charge is 2.69. The van der Waals surface area contributed by atoms with Gasteiger partial charge in [0, 0.05) is 6.92 Å². The molecule has 9 nitrogen and oxygen atoms in total. The first-order valence-electron chi connectivity index (χ1n) is 18.3. The summed E-state index contributed by atoms with van der Waals surface area (Å²) in [7, 11) is 0. The number of amides is 1. The van der Waals surface area contributed by atoms with Crippen molar-refractivity contribution in [2.75, 3.05) is 6.61 Å². The molecule has 0 radical (unpaired) electrons. The Morgan fingerprint density at radius 1 is 0.936 bits per heavy atom. The van der Waals surface area contributed by atoms with Crippen LogP contribution in [0.15, 0.2) is 11.6 Å². The van der Waals surface area contributed by atoms with E-state index in [0.29, 0.717) is 11.8 Å². The second kappa shape index (κ2) is 11.5. The van der Waals surface area contributed by atoms with Gasteiger partial charge in [-0.1, -0.05) is 60.1 Å². The summed E-state index contributed by atoms with van der Waals surface area (Å²) in [4.78, 5) is 25.0. The SMILES string of the molecule is CC(=O)N[C@H]1[C@H](O[C@@H]2CC[C@]3(C)[C@H]4CC=C5[C@@H]6CC(C)(C)CC[C@]6(C(=O)O)CC[C@@]5(C)[C@]4(C)CC[C@H]3C2(C)C)O[C@H](CO)[C@@H](O)[C@@H]1O. The molecule has 9 heteroatoms. The third-order valence-corrected chi connectivity index (χ3v) is 15.6. The number of hydrogen-bond donors (Lipinski definition) is 5. The summed E-state index contributed by atoms with van der Waals surface area (Å²) in [6.45, 7) is 17.6. The van der Waals surface area contributed by atoms with Gasteiger partial charge in [0.2, 0.25) is 5.91 Å². The summed E-state index contributed by atoms with van der Waals surface area (Å²) < 4.78 is 12.7. The number of carbonyl (C=O) groups is 2. The lowest BCUT2D eigenvalue weighted by atomic mass is 9.33. The topological polar surface area (TPSA) is 146 Å². The van der Waals surface area contributed by atoms with E-state index in [2.05, 4.69) is 59.9 Å². The highest BCUT2D eigenvalue weighted by atomic mass is 16.7. The molecule has 0 unspecified atom stereocenters. The molecule has 13 atom stereocenters. The molecule has 0 aromatic carbocycles. The molecule has 0 aromatic rings. The van der Waals surface area contributed by atoms with Crippen molar-refractivity contribution in [2.24, 2.45) is 50.2 Å². The third kappa shape index (κ3) is 5.10. The predicted molar refractivity (Wildman–Crippen MR) is 177 cm³/mol. The number of rotatable bonds is 5. The maximum absolute atomic E-state index is 13.0. The van der Waals surface area contributed by atoms with Gasteiger partial charge in [-0.3, -0.25) is 9.59 Å². The van der Waals surface area contributed by atoms with Crippen LogP contribution in [-0.2, 0) is 19.1 Å². The Morgan fingerprint density at radius 3 is 2.26 bits per heavy atom. The smallest absolute Gasteiger partial charge is 0.310 e. The first-order chi connectivity index (χ1) is 21.8. The average molecular weight is 660 g/mol. The van der Waals surface area contributed by atoms with Gasteiger partial charge < -0.3 is 35.2 Å². The van der Waals surface area contributed by atoms with Crippen LogP contribution in [0.25, 0.3) is 0 Å². The normalized spacial score (nSPS) is 50.1. The largest absolute Gasteiger partial charge is 0.481 e. The average Bonchev–Trinajstić information content (AvgIpc) is 2.97. The van der Waals surface area contributed by atoms with Crippen LogP contribution in [-0.4, -0.2) is 75.7 Å². The van der Waals surface area contributed by atoms with Crippen molar-refractivity contribution >= 4 is 11.9 Å². The highest BCUT2D eigenvalue weighted by molar-refractivity contribution is 5.76. The van der Waals surface area contributed by atoms with Crippen molar-refractivity contribution in [3.05, 3.63) is 11.6 Å². The Morgan fingerprint density at radius 2 is 1.62 bits per heavy atom. The first kappa shape index (κ1) is 35.3. The molecular formula is C38H61NO8. The van der Waals surface area contributed by atoms with E-state index in [0.717, 1.165) is 64.2 Å². The fourth-order valence-corrected chi connectivity index (χ4v) is 12.6. The summed E-state index contributed by atoms with van der Waals surface area (Å²) in [5, 5.41) is 44.7. The van der Waals surface area contributed by atoms with Gasteiger partial charge in [-0.2, -0.15) is 0 Å². The number of aliphatic hydroxyl groups excluding tert-OH is 3. The molecular weight excluding hydrogens is 598 g/mol. The Labute approximate surface area is 281 Å². The number of carbonyl (C=O) groups excluding carboxylic acids is 1. The number of ether oxygens (including phenoxy) is 2. The molecule has 1 saturated heterocycles. The molecule has 0 spiro atoms. The van der Waals surface area contributed by atoms with Gasteiger partial charge in [0.25, 0.3) is 0 Å². The fourth-order valence-electron chi connectivity index (χ4n) is 12.6. The standard InChI is InChI=1S/C38H61NO8/c1-21(41)39-28-30(43)29(42)24(20-40)46-31(28)47-27-12-13-35(6)25(34(27,4)5)11-14-37(8)26(35)10-9-22-23-19-33(2,3)15-17-38(23,32(44)45)18-16-36(22,37)7/h9,23-31,40,42-43H,10-20H2,1-8H3,(H,39,41)(H,44,45)/t23-,24+,25-,26+,27+,28+,29+,30+,31-,35-,36+,37+,38-/m0/s1. The molecule has 0 aromatic heterocycles. The van der Waals surface area contributed by atoms with Gasteiger partial charge in [-0.05, 0) is 109 Å². The molecule has 5 N–H and O–H groups in total. The van der Waals surface area contributed by atoms with Crippen molar-refractivity contribution in [1.82, 2.24) is 5.32 Å². The minimum Gasteiger partial charge on any atom is -0.481 e. The minimum absolute atomic E-state index is 0.0440. The van der Waals surface area contributed by atoms with E-state index in [9.17, 15) is 30.0 Å². The van der Waals surface area contributed by atoms with Crippen molar-refractivity contribution in [3.8, 4) is 0 Å². The quantitative estimate of drug-likeness (QED) is 0.200. The summed E-state index contributed by atoms with van der Waals surface area (Å²) >= 11 is 0. The lowest BCUT2D eigenvalue weighted by Crippen LogP contribution is -2.67. The molecule has 47 heavy (non-hydrogen) atoms. The van der Waals surface area contributed by atoms with E-state index >= 15 is 0 Å². The van der Waals surface area contributed by atoms with Crippen LogP contribution in [0, 0.1) is 50.2 Å². The first-order valence-corrected chi connectivity index (χ1v) is 18.3. The van der Waals surface area contributed by atoms with Crippen LogP contribution >= 0.6 is 0 Å². The van der Waals surface area contributed by atoms with Gasteiger partial charge >= 0.3 is 5.97 Å². The van der Waals surface area contributed by atoms with E-state index in [4.69, 9.17) is 9.47 Å². The Balaban J connectivity index is 1.29. The van der Waals surface area contributed by atoms with Crippen LogP contribution in [0.2, 0.25) is 0 Å². The van der Waals surface area contributed by atoms with Gasteiger partial charge in [0.05, 0.1) is 18.1 Å². The second-order valence-corrected chi connectivity index (χ2v) is 18.6. The maximum Gasteiger partial charge on any atom is 0.310 e. The summed E-state index contributed by atoms with van der Waals surface area (Å²) in [5.74, 6) is -0.0617. The molecule has 5 aliphatic carbocycles. The summed E-state index contributed by atoms with van der Waals surface area (Å²) in [5.41, 5.74) is 0.733. The molecule has 4 saturated carbocycles. The lowest BCUT2D eigenvalue weighted by molar-refractivity contribution is -0.306. The molecule has 6 rings (SSSR count). The lowest BCUT2D eigenvalue weighted by Gasteiger charge is -2.71. The second-order valence-electron chi connectivity index (χ2n) is 18.6. The van der Waals surface area contributed by atoms with E-state index in [1.54, 1.807) is 0 Å². The third-order valence-electron chi connectivity index (χ3n) is 15.6. The van der Waals surface area contributed by atoms with Crippen molar-refractivity contribution in [1.29, 1.82) is 0 Å². The Hall–Kier alpha value is -1.52. The molecule has 5 fully saturated rings. The zero-order chi connectivity index (χ0) is 34.5. The van der Waals surface area contributed by atoms with E-state index < -0.39 is 48.6 Å². The monoisotopic (exact) mass is 659 g/mol. The van der Waals surface area contributed by atoms with Gasteiger partial charge in [-0.15, -0.1) is 0 Å². The molecule has 1 aliphatic heterocycles. The van der Waals surface area contributed by atoms with E-state index in [1.807, 2.05) is 0 Å². The Kier molecular flexibility index (Phi) is 8.65. The number of fused-ring (bicyclic) bond motifs is 7. The number of aliphatic carboxylic acids is 1. The van der Waals surface area contributed by atoms with Gasteiger partial charge in [0.1, 0.15) is 24.4 Å². The van der Waals surface area contributed by atoms with Gasteiger partial charge in [-0.25, -0.2) is 0 Å². The maximum atomic E-state index is 13.0. The predicted octanol–water partition coefficient (Wildman–Crippen LogP) is 5.20. The zero-order valence-electron chi connectivity index (χ0n) is 30.0. The molecule has 1 heterocycles. The number of nitrogens with one attached hydrogen (secondary N) is 1. The van der Waals surface area contributed by atoms with E-state index in [-0.39, 0.29) is 45.0 Å². The minimum atomic E-state index is -1.35. The number of carboxylic acid groups (broad SMARTS) is 1. The van der Waals surface area contributed by atoms with Crippen LogP contribution < -0.4 is 5.32 Å². The number of aliphatic hydroxyl groups is 3. The van der Waals surface area contributed by atoms with Crippen LogP contribution in [0.4, 0.5) is 0 Å². The van der Waals surface area contributed by atoms with Crippen LogP contribution in [0.1, 0.15) is 120 Å². The van der Waals surface area contributed by atoms with E-state index in [1.165, 1.54) is 12.5 Å². The molecule has 6 aliphatic rings. The highest BCUT2D eigenvalue weighted by Crippen LogP contribution is 2.76. The molecule has 266 valence electrons. The number of hydrogen-bond acceptors (Lipinski definition) is 7. The molecule has 1 amide bonds. The number of allylic oxidation sites excluding steroid dienone is 2. The van der Waals surface area contributed by atoms with Crippen LogP contribution in [0.5, 0.6) is 0 Å². The fraction of sp³-hybridized carbons (Fsp3) is 0.895. The van der Waals surface area contributed by atoms with Crippen molar-refractivity contribution < 1.29 is 39.5 Å². The number of carboxylic acids is 1. The Bertz CT molecular complexity index is 1300. The van der Waals surface area contributed by atoms with Crippen molar-refractivity contribution in [2.45, 2.75) is 156 Å². The molecule has 0 bridgehead atoms. The summed E-state index contributed by atoms with van der Waals surface area (Å²) in [6, 6.07) is -0.958.